The minimum atomic E-state index is -0.934. The van der Waals surface area contributed by atoms with Gasteiger partial charge in [0.2, 0.25) is 5.91 Å². The molecular weight excluding hydrogens is 340 g/mol. The molecule has 2 saturated heterocycles. The first-order chi connectivity index (χ1) is 12.4. The van der Waals surface area contributed by atoms with Crippen molar-refractivity contribution in [1.82, 2.24) is 15.5 Å². The maximum absolute atomic E-state index is 13.9. The van der Waals surface area contributed by atoms with Gasteiger partial charge in [0, 0.05) is 18.6 Å². The zero-order valence-corrected chi connectivity index (χ0v) is 15.1. The maximum Gasteiger partial charge on any atom is 0.257 e. The second kappa shape index (κ2) is 7.70. The van der Waals surface area contributed by atoms with Gasteiger partial charge < -0.3 is 15.5 Å². The summed E-state index contributed by atoms with van der Waals surface area (Å²) >= 11 is 0. The Balaban J connectivity index is 1.81. The lowest BCUT2D eigenvalue weighted by Gasteiger charge is -2.33. The zero-order chi connectivity index (χ0) is 18.8. The predicted molar refractivity (Wildman–Crippen MR) is 93.6 cm³/mol. The molecule has 2 N–H and O–H groups in total. The number of rotatable bonds is 4. The van der Waals surface area contributed by atoms with Crippen LogP contribution in [-0.4, -0.2) is 47.9 Å². The minimum Gasteiger partial charge on any atom is -0.340 e. The van der Waals surface area contributed by atoms with Crippen LogP contribution in [0.2, 0.25) is 0 Å². The molecule has 1 aromatic carbocycles. The van der Waals surface area contributed by atoms with E-state index in [0.29, 0.717) is 0 Å². The average Bonchev–Trinajstić information content (AvgIpc) is 2.84. The molecule has 2 heterocycles. The molecule has 2 bridgehead atoms. The van der Waals surface area contributed by atoms with Gasteiger partial charge >= 0.3 is 0 Å². The van der Waals surface area contributed by atoms with Crippen molar-refractivity contribution >= 4 is 11.8 Å². The van der Waals surface area contributed by atoms with E-state index in [2.05, 4.69) is 10.6 Å². The highest BCUT2D eigenvalue weighted by Gasteiger charge is 2.41. The van der Waals surface area contributed by atoms with Gasteiger partial charge in [-0.3, -0.25) is 9.59 Å². The summed E-state index contributed by atoms with van der Waals surface area (Å²) in [6.45, 7) is 5.24. The van der Waals surface area contributed by atoms with Gasteiger partial charge in [0.25, 0.3) is 5.91 Å². The summed E-state index contributed by atoms with van der Waals surface area (Å²) < 4.78 is 27.8. The standard InChI is InChI=1S/C19H25F2N3O2/c1-11(2)17(23-18(25)16-14(20)4-3-5-15(16)21)19(26)24-12-6-7-13(24)10-22-9-8-12/h3-5,11-13,17,22H,6-10H2,1-2H3,(H,23,25). The van der Waals surface area contributed by atoms with Crippen LogP contribution in [0.15, 0.2) is 18.2 Å². The third kappa shape index (κ3) is 3.58. The van der Waals surface area contributed by atoms with E-state index in [-0.39, 0.29) is 23.9 Å². The van der Waals surface area contributed by atoms with Crippen LogP contribution in [0.25, 0.3) is 0 Å². The lowest BCUT2D eigenvalue weighted by molar-refractivity contribution is -0.137. The Hall–Kier alpha value is -2.02. The van der Waals surface area contributed by atoms with Crippen molar-refractivity contribution in [2.45, 2.75) is 51.2 Å². The number of hydrogen-bond donors (Lipinski definition) is 2. The average molecular weight is 365 g/mol. The fourth-order valence-corrected chi connectivity index (χ4v) is 3.94. The summed E-state index contributed by atoms with van der Waals surface area (Å²) in [5.41, 5.74) is -0.647. The monoisotopic (exact) mass is 365 g/mol. The molecule has 142 valence electrons. The molecule has 1 aromatic rings. The van der Waals surface area contributed by atoms with E-state index in [9.17, 15) is 18.4 Å². The summed E-state index contributed by atoms with van der Waals surface area (Å²) in [6.07, 6.45) is 2.77. The van der Waals surface area contributed by atoms with Gasteiger partial charge in [-0.2, -0.15) is 0 Å². The molecule has 2 amide bonds. The number of carbonyl (C=O) groups excluding carboxylic acids is 2. The van der Waals surface area contributed by atoms with E-state index in [0.717, 1.165) is 44.5 Å². The Morgan fingerprint density at radius 2 is 1.81 bits per heavy atom. The fourth-order valence-electron chi connectivity index (χ4n) is 3.94. The molecule has 7 heteroatoms. The van der Waals surface area contributed by atoms with Gasteiger partial charge in [-0.05, 0) is 43.9 Å². The Morgan fingerprint density at radius 3 is 2.46 bits per heavy atom. The highest BCUT2D eigenvalue weighted by atomic mass is 19.1. The number of nitrogens with one attached hydrogen (secondary N) is 2. The number of fused-ring (bicyclic) bond motifs is 2. The van der Waals surface area contributed by atoms with Crippen LogP contribution in [0, 0.1) is 17.6 Å². The van der Waals surface area contributed by atoms with E-state index >= 15 is 0 Å². The molecule has 2 aliphatic heterocycles. The number of halogens is 2. The third-order valence-electron chi connectivity index (χ3n) is 5.32. The van der Waals surface area contributed by atoms with Gasteiger partial charge in [-0.1, -0.05) is 19.9 Å². The summed E-state index contributed by atoms with van der Waals surface area (Å²) in [5, 5.41) is 5.90. The molecule has 26 heavy (non-hydrogen) atoms. The van der Waals surface area contributed by atoms with Gasteiger partial charge in [0.15, 0.2) is 0 Å². The molecule has 0 spiro atoms. The van der Waals surface area contributed by atoms with Gasteiger partial charge in [0.05, 0.1) is 0 Å². The SMILES string of the molecule is CC(C)C(NC(=O)c1c(F)cccc1F)C(=O)N1C2CCNCC1CC2. The van der Waals surface area contributed by atoms with E-state index < -0.39 is 29.1 Å². The third-order valence-corrected chi connectivity index (χ3v) is 5.32. The van der Waals surface area contributed by atoms with Gasteiger partial charge in [-0.15, -0.1) is 0 Å². The van der Waals surface area contributed by atoms with E-state index in [1.165, 1.54) is 6.07 Å². The Kier molecular flexibility index (Phi) is 5.55. The maximum atomic E-state index is 13.9. The predicted octanol–water partition coefficient (Wildman–Crippen LogP) is 2.07. The van der Waals surface area contributed by atoms with Gasteiger partial charge in [0.1, 0.15) is 23.2 Å². The molecule has 0 saturated carbocycles. The molecular formula is C19H25F2N3O2. The Labute approximate surface area is 152 Å². The van der Waals surface area contributed by atoms with Crippen LogP contribution in [0.3, 0.4) is 0 Å². The first kappa shape index (κ1) is 18.8. The van der Waals surface area contributed by atoms with Crippen LogP contribution >= 0.6 is 0 Å². The summed E-state index contributed by atoms with van der Waals surface area (Å²) in [6, 6.07) is 2.72. The van der Waals surface area contributed by atoms with Gasteiger partial charge in [-0.25, -0.2) is 8.78 Å². The van der Waals surface area contributed by atoms with Crippen molar-refractivity contribution in [3.05, 3.63) is 35.4 Å². The van der Waals surface area contributed by atoms with Crippen LogP contribution in [0.1, 0.15) is 43.5 Å². The Bertz CT molecular complexity index is 661. The van der Waals surface area contributed by atoms with Crippen molar-refractivity contribution in [2.75, 3.05) is 13.1 Å². The van der Waals surface area contributed by atoms with E-state index in [1.807, 2.05) is 18.7 Å². The van der Waals surface area contributed by atoms with Crippen molar-refractivity contribution < 1.29 is 18.4 Å². The molecule has 0 radical (unpaired) electrons. The second-order valence-corrected chi connectivity index (χ2v) is 7.42. The molecule has 0 aliphatic carbocycles. The molecule has 3 rings (SSSR count). The second-order valence-electron chi connectivity index (χ2n) is 7.42. The highest BCUT2D eigenvalue weighted by molar-refractivity contribution is 5.98. The lowest BCUT2D eigenvalue weighted by atomic mass is 10.0. The fraction of sp³-hybridized carbons (Fsp3) is 0.579. The highest BCUT2D eigenvalue weighted by Crippen LogP contribution is 2.29. The summed E-state index contributed by atoms with van der Waals surface area (Å²) in [7, 11) is 0. The molecule has 3 unspecified atom stereocenters. The lowest BCUT2D eigenvalue weighted by Crippen LogP contribution is -2.55. The smallest absolute Gasteiger partial charge is 0.257 e. The van der Waals surface area contributed by atoms with Crippen LogP contribution in [0.5, 0.6) is 0 Å². The largest absolute Gasteiger partial charge is 0.340 e. The Morgan fingerprint density at radius 1 is 1.15 bits per heavy atom. The van der Waals surface area contributed by atoms with Crippen LogP contribution < -0.4 is 10.6 Å². The molecule has 2 fully saturated rings. The normalized spacial score (nSPS) is 23.7. The number of benzene rings is 1. The quantitative estimate of drug-likeness (QED) is 0.859. The van der Waals surface area contributed by atoms with Crippen molar-refractivity contribution in [3.63, 3.8) is 0 Å². The van der Waals surface area contributed by atoms with Crippen molar-refractivity contribution in [2.24, 2.45) is 5.92 Å². The van der Waals surface area contributed by atoms with Crippen molar-refractivity contribution in [3.8, 4) is 0 Å². The summed E-state index contributed by atoms with van der Waals surface area (Å²) in [5.74, 6) is -3.13. The number of nitrogens with zero attached hydrogens (tertiary/aromatic N) is 1. The molecule has 5 nitrogen and oxygen atoms in total. The first-order valence-corrected chi connectivity index (χ1v) is 9.18. The first-order valence-electron chi connectivity index (χ1n) is 9.18. The number of amides is 2. The number of hydrogen-bond acceptors (Lipinski definition) is 3. The molecule has 2 aliphatic rings. The zero-order valence-electron chi connectivity index (χ0n) is 15.1. The summed E-state index contributed by atoms with van der Waals surface area (Å²) in [4.78, 5) is 27.5. The molecule has 0 aromatic heterocycles. The van der Waals surface area contributed by atoms with Crippen LogP contribution in [0.4, 0.5) is 8.78 Å². The van der Waals surface area contributed by atoms with E-state index in [4.69, 9.17) is 0 Å². The van der Waals surface area contributed by atoms with Crippen molar-refractivity contribution in [1.29, 1.82) is 0 Å². The minimum absolute atomic E-state index is 0.110. The topological polar surface area (TPSA) is 61.4 Å². The molecule has 3 atom stereocenters. The van der Waals surface area contributed by atoms with Crippen LogP contribution in [-0.2, 0) is 4.79 Å². The van der Waals surface area contributed by atoms with E-state index in [1.54, 1.807) is 0 Å². The number of carbonyl (C=O) groups is 2.